The number of rotatable bonds is 5. The van der Waals surface area contributed by atoms with Crippen LogP contribution in [-0.4, -0.2) is 34.6 Å². The highest BCUT2D eigenvalue weighted by atomic mass is 35.5. The van der Waals surface area contributed by atoms with E-state index in [1.54, 1.807) is 19.3 Å². The summed E-state index contributed by atoms with van der Waals surface area (Å²) in [5, 5.41) is 16.3. The van der Waals surface area contributed by atoms with Crippen LogP contribution in [0, 0.1) is 6.92 Å². The number of guanidine groups is 1. The second-order valence-corrected chi connectivity index (χ2v) is 6.31. The third kappa shape index (κ3) is 4.94. The van der Waals surface area contributed by atoms with Crippen molar-refractivity contribution < 1.29 is 5.11 Å². The SMILES string of the molecule is CN=C(NCc1ccnc(C)n1)NCC(O)c1ccc(Cl)s1. The zero-order chi connectivity index (χ0) is 15.9. The first-order chi connectivity index (χ1) is 10.6. The maximum Gasteiger partial charge on any atom is 0.191 e. The van der Waals surface area contributed by atoms with Gasteiger partial charge in [-0.15, -0.1) is 11.3 Å². The van der Waals surface area contributed by atoms with Gasteiger partial charge in [0.1, 0.15) is 11.9 Å². The fraction of sp³-hybridized carbons (Fsp3) is 0.357. The molecular formula is C14H18ClN5OS. The van der Waals surface area contributed by atoms with Crippen LogP contribution in [0.2, 0.25) is 4.34 Å². The van der Waals surface area contributed by atoms with Crippen LogP contribution in [0.1, 0.15) is 22.5 Å². The van der Waals surface area contributed by atoms with Crippen molar-refractivity contribution in [2.45, 2.75) is 19.6 Å². The number of nitrogens with one attached hydrogen (secondary N) is 2. The first kappa shape index (κ1) is 16.7. The van der Waals surface area contributed by atoms with Crippen LogP contribution in [0.15, 0.2) is 29.4 Å². The van der Waals surface area contributed by atoms with E-state index in [4.69, 9.17) is 11.6 Å². The largest absolute Gasteiger partial charge is 0.386 e. The van der Waals surface area contributed by atoms with Gasteiger partial charge >= 0.3 is 0 Å². The number of nitrogens with zero attached hydrogens (tertiary/aromatic N) is 3. The average Bonchev–Trinajstić information content (AvgIpc) is 2.94. The Morgan fingerprint density at radius 3 is 2.86 bits per heavy atom. The molecule has 0 radical (unpaired) electrons. The van der Waals surface area contributed by atoms with Crippen molar-refractivity contribution >= 4 is 28.9 Å². The lowest BCUT2D eigenvalue weighted by Crippen LogP contribution is -2.39. The minimum absolute atomic E-state index is 0.347. The third-order valence-electron chi connectivity index (χ3n) is 2.88. The van der Waals surface area contributed by atoms with Gasteiger partial charge in [0.25, 0.3) is 0 Å². The number of aryl methyl sites for hydroxylation is 1. The maximum absolute atomic E-state index is 10.1. The van der Waals surface area contributed by atoms with Gasteiger partial charge in [0.05, 0.1) is 16.6 Å². The highest BCUT2D eigenvalue weighted by molar-refractivity contribution is 7.16. The maximum atomic E-state index is 10.1. The van der Waals surface area contributed by atoms with Crippen LogP contribution in [0.4, 0.5) is 0 Å². The quantitative estimate of drug-likeness (QED) is 0.572. The summed E-state index contributed by atoms with van der Waals surface area (Å²) in [6, 6.07) is 5.43. The summed E-state index contributed by atoms with van der Waals surface area (Å²) in [7, 11) is 1.68. The Kier molecular flexibility index (Phi) is 6.11. The van der Waals surface area contributed by atoms with Crippen molar-refractivity contribution in [3.05, 3.63) is 45.1 Å². The molecule has 1 unspecified atom stereocenters. The molecule has 3 N–H and O–H groups in total. The van der Waals surface area contributed by atoms with Crippen molar-refractivity contribution in [1.82, 2.24) is 20.6 Å². The standard InChI is InChI=1S/C14H18ClN5OS/c1-9-17-6-5-10(20-9)7-18-14(16-2)19-8-11(21)12-3-4-13(15)22-12/h3-6,11,21H,7-8H2,1-2H3,(H2,16,18,19). The first-order valence-corrected chi connectivity index (χ1v) is 7.94. The van der Waals surface area contributed by atoms with Crippen LogP contribution in [-0.2, 0) is 6.54 Å². The number of aliphatic hydroxyl groups is 1. The molecule has 0 aliphatic rings. The molecule has 8 heteroatoms. The third-order valence-corrected chi connectivity index (χ3v) is 4.21. The molecule has 2 rings (SSSR count). The van der Waals surface area contributed by atoms with E-state index in [-0.39, 0.29) is 0 Å². The molecule has 0 amide bonds. The number of aliphatic hydroxyl groups excluding tert-OH is 1. The van der Waals surface area contributed by atoms with Gasteiger partial charge in [0, 0.05) is 24.7 Å². The van der Waals surface area contributed by atoms with Crippen molar-refractivity contribution in [3.8, 4) is 0 Å². The van der Waals surface area contributed by atoms with Gasteiger partial charge in [-0.1, -0.05) is 11.6 Å². The summed E-state index contributed by atoms with van der Waals surface area (Å²) >= 11 is 7.23. The molecule has 0 saturated carbocycles. The molecule has 22 heavy (non-hydrogen) atoms. The zero-order valence-electron chi connectivity index (χ0n) is 12.4. The normalized spacial score (nSPS) is 13.0. The summed E-state index contributed by atoms with van der Waals surface area (Å²) < 4.78 is 0.663. The number of aliphatic imine (C=N–C) groups is 1. The highest BCUT2D eigenvalue weighted by Gasteiger charge is 2.11. The molecule has 2 aromatic rings. The summed E-state index contributed by atoms with van der Waals surface area (Å²) in [5.74, 6) is 1.32. The van der Waals surface area contributed by atoms with E-state index in [2.05, 4.69) is 25.6 Å². The van der Waals surface area contributed by atoms with Crippen molar-refractivity contribution in [1.29, 1.82) is 0 Å². The molecule has 2 aromatic heterocycles. The van der Waals surface area contributed by atoms with Gasteiger partial charge in [0.15, 0.2) is 5.96 Å². The fourth-order valence-electron chi connectivity index (χ4n) is 1.80. The number of hydrogen-bond donors (Lipinski definition) is 3. The lowest BCUT2D eigenvalue weighted by Gasteiger charge is -2.14. The molecule has 118 valence electrons. The van der Waals surface area contributed by atoms with Crippen molar-refractivity contribution in [2.24, 2.45) is 4.99 Å². The molecular weight excluding hydrogens is 322 g/mol. The minimum atomic E-state index is -0.627. The Balaban J connectivity index is 1.82. The molecule has 0 fully saturated rings. The van der Waals surface area contributed by atoms with Gasteiger partial charge in [-0.3, -0.25) is 4.99 Å². The highest BCUT2D eigenvalue weighted by Crippen LogP contribution is 2.26. The monoisotopic (exact) mass is 339 g/mol. The van der Waals surface area contributed by atoms with Gasteiger partial charge in [-0.2, -0.15) is 0 Å². The molecule has 6 nitrogen and oxygen atoms in total. The van der Waals surface area contributed by atoms with Crippen LogP contribution >= 0.6 is 22.9 Å². The van der Waals surface area contributed by atoms with Crippen LogP contribution in [0.25, 0.3) is 0 Å². The number of hydrogen-bond acceptors (Lipinski definition) is 5. The van der Waals surface area contributed by atoms with E-state index in [1.807, 2.05) is 19.1 Å². The van der Waals surface area contributed by atoms with Gasteiger partial charge in [0.2, 0.25) is 0 Å². The van der Waals surface area contributed by atoms with E-state index in [9.17, 15) is 5.11 Å². The van der Waals surface area contributed by atoms with E-state index in [0.717, 1.165) is 16.4 Å². The fourth-order valence-corrected chi connectivity index (χ4v) is 2.85. The van der Waals surface area contributed by atoms with E-state index in [0.29, 0.717) is 23.4 Å². The summed E-state index contributed by atoms with van der Waals surface area (Å²) in [5.41, 5.74) is 0.876. The minimum Gasteiger partial charge on any atom is -0.386 e. The molecule has 0 aliphatic heterocycles. The van der Waals surface area contributed by atoms with Gasteiger partial charge < -0.3 is 15.7 Å². The molecule has 0 aromatic carbocycles. The Morgan fingerprint density at radius 1 is 1.41 bits per heavy atom. The lowest BCUT2D eigenvalue weighted by atomic mass is 10.3. The van der Waals surface area contributed by atoms with Crippen LogP contribution in [0.3, 0.4) is 0 Å². The van der Waals surface area contributed by atoms with Gasteiger partial charge in [-0.25, -0.2) is 9.97 Å². The molecule has 1 atom stereocenters. The van der Waals surface area contributed by atoms with E-state index < -0.39 is 6.10 Å². The first-order valence-electron chi connectivity index (χ1n) is 6.75. The van der Waals surface area contributed by atoms with E-state index >= 15 is 0 Å². The lowest BCUT2D eigenvalue weighted by molar-refractivity contribution is 0.184. The Labute approximate surface area is 138 Å². The van der Waals surface area contributed by atoms with Crippen LogP contribution < -0.4 is 10.6 Å². The Morgan fingerprint density at radius 2 is 2.23 bits per heavy atom. The second kappa shape index (κ2) is 8.07. The zero-order valence-corrected chi connectivity index (χ0v) is 13.9. The predicted molar refractivity (Wildman–Crippen MR) is 89.3 cm³/mol. The summed E-state index contributed by atoms with van der Waals surface area (Å²) in [4.78, 5) is 13.3. The van der Waals surface area contributed by atoms with Gasteiger partial charge in [-0.05, 0) is 25.1 Å². The molecule has 0 saturated heterocycles. The number of halogens is 1. The summed E-state index contributed by atoms with van der Waals surface area (Å²) in [6.07, 6.45) is 1.09. The van der Waals surface area contributed by atoms with E-state index in [1.165, 1.54) is 11.3 Å². The molecule has 0 bridgehead atoms. The molecule has 0 spiro atoms. The molecule has 2 heterocycles. The van der Waals surface area contributed by atoms with Crippen molar-refractivity contribution in [3.63, 3.8) is 0 Å². The van der Waals surface area contributed by atoms with Crippen molar-refractivity contribution in [2.75, 3.05) is 13.6 Å². The molecule has 0 aliphatic carbocycles. The topological polar surface area (TPSA) is 82.4 Å². The number of thiophene rings is 1. The predicted octanol–water partition coefficient (Wildman–Crippen LogP) is 1.90. The average molecular weight is 340 g/mol. The van der Waals surface area contributed by atoms with Crippen LogP contribution in [0.5, 0.6) is 0 Å². The second-order valence-electron chi connectivity index (χ2n) is 4.56. The Hall–Kier alpha value is -1.70. The smallest absolute Gasteiger partial charge is 0.191 e. The Bertz CT molecular complexity index is 646. The number of aromatic nitrogens is 2. The summed E-state index contributed by atoms with van der Waals surface area (Å²) in [6.45, 7) is 2.72.